The first-order valence-corrected chi connectivity index (χ1v) is 12.4. The van der Waals surface area contributed by atoms with Crippen LogP contribution in [0.4, 0.5) is 10.8 Å². The van der Waals surface area contributed by atoms with Gasteiger partial charge >= 0.3 is 0 Å². The monoisotopic (exact) mass is 555 g/mol. The van der Waals surface area contributed by atoms with Gasteiger partial charge in [0, 0.05) is 44.8 Å². The highest BCUT2D eigenvalue weighted by Crippen LogP contribution is 2.32. The fraction of sp³-hybridized carbons (Fsp3) is 0.0769. The van der Waals surface area contributed by atoms with E-state index in [4.69, 9.17) is 32.7 Å². The number of benzene rings is 3. The number of methoxy groups -OCH3 is 1. The highest BCUT2D eigenvalue weighted by Gasteiger charge is 2.12. The number of hydrogen-bond acceptors (Lipinski definition) is 7. The molecule has 0 spiro atoms. The van der Waals surface area contributed by atoms with Crippen molar-refractivity contribution < 1.29 is 19.2 Å². The topological polar surface area (TPSA) is 104 Å². The molecule has 8 nitrogen and oxygen atoms in total. The summed E-state index contributed by atoms with van der Waals surface area (Å²) in [5.74, 6) is 0.594. The van der Waals surface area contributed by atoms with Gasteiger partial charge in [-0.3, -0.25) is 20.2 Å². The summed E-state index contributed by atoms with van der Waals surface area (Å²) in [5.41, 5.74) is 2.48. The quantitative estimate of drug-likeness (QED) is 0.132. The van der Waals surface area contributed by atoms with E-state index in [0.717, 1.165) is 0 Å². The summed E-state index contributed by atoms with van der Waals surface area (Å²) in [4.78, 5) is 27.3. The minimum atomic E-state index is -0.467. The number of non-ortho nitro benzene ring substituents is 1. The highest BCUT2D eigenvalue weighted by molar-refractivity contribution is 7.14. The molecule has 0 fully saturated rings. The third kappa shape index (κ3) is 6.65. The van der Waals surface area contributed by atoms with E-state index in [1.54, 1.807) is 60.0 Å². The second kappa shape index (κ2) is 11.9. The third-order valence-corrected chi connectivity index (χ3v) is 6.60. The number of ether oxygens (including phenoxy) is 2. The van der Waals surface area contributed by atoms with Crippen LogP contribution in [0, 0.1) is 10.1 Å². The molecule has 1 aromatic heterocycles. The van der Waals surface area contributed by atoms with Crippen molar-refractivity contribution in [3.63, 3.8) is 0 Å². The SMILES string of the molecule is COc1cc(C=CC(=O)Nc2nc(-c3cccc([N+](=O)[O-])c3)cs2)ccc1OCc1c(Cl)cccc1Cl. The van der Waals surface area contributed by atoms with E-state index in [9.17, 15) is 14.9 Å². The van der Waals surface area contributed by atoms with E-state index in [-0.39, 0.29) is 18.2 Å². The molecule has 4 rings (SSSR count). The number of aromatic nitrogens is 1. The van der Waals surface area contributed by atoms with Crippen LogP contribution in [0.25, 0.3) is 17.3 Å². The van der Waals surface area contributed by atoms with Gasteiger partial charge in [0.05, 0.1) is 17.7 Å². The number of nitro benzene ring substituents is 1. The molecule has 0 aliphatic heterocycles. The smallest absolute Gasteiger partial charge is 0.270 e. The number of thiazole rings is 1. The number of carbonyl (C=O) groups is 1. The third-order valence-electron chi connectivity index (χ3n) is 5.14. The van der Waals surface area contributed by atoms with E-state index in [1.807, 2.05) is 0 Å². The molecule has 37 heavy (non-hydrogen) atoms. The predicted octanol–water partition coefficient (Wildman–Crippen LogP) is 7.26. The molecule has 0 saturated carbocycles. The number of nitrogens with one attached hydrogen (secondary N) is 1. The summed E-state index contributed by atoms with van der Waals surface area (Å²) in [6, 6.07) is 16.6. The molecular weight excluding hydrogens is 537 g/mol. The number of carbonyl (C=O) groups excluding carboxylic acids is 1. The van der Waals surface area contributed by atoms with Crippen LogP contribution >= 0.6 is 34.5 Å². The maximum Gasteiger partial charge on any atom is 0.270 e. The average molecular weight is 556 g/mol. The van der Waals surface area contributed by atoms with Crippen molar-refractivity contribution in [2.75, 3.05) is 12.4 Å². The van der Waals surface area contributed by atoms with Crippen LogP contribution in [-0.4, -0.2) is 22.9 Å². The van der Waals surface area contributed by atoms with Gasteiger partial charge in [0.15, 0.2) is 16.6 Å². The van der Waals surface area contributed by atoms with Crippen LogP contribution in [0.15, 0.2) is 72.1 Å². The van der Waals surface area contributed by atoms with Crippen LogP contribution in [-0.2, 0) is 11.4 Å². The predicted molar refractivity (Wildman–Crippen MR) is 146 cm³/mol. The Morgan fingerprint density at radius 2 is 1.86 bits per heavy atom. The Morgan fingerprint density at radius 1 is 1.11 bits per heavy atom. The average Bonchev–Trinajstić information content (AvgIpc) is 3.36. The van der Waals surface area contributed by atoms with Gasteiger partial charge in [-0.15, -0.1) is 11.3 Å². The maximum absolute atomic E-state index is 12.4. The van der Waals surface area contributed by atoms with Crippen molar-refractivity contribution >= 4 is 57.3 Å². The zero-order valence-electron chi connectivity index (χ0n) is 19.3. The Hall–Kier alpha value is -3.92. The Labute approximate surface area is 226 Å². The lowest BCUT2D eigenvalue weighted by atomic mass is 10.1. The molecule has 0 aliphatic rings. The van der Waals surface area contributed by atoms with Crippen molar-refractivity contribution in [1.82, 2.24) is 4.98 Å². The normalized spacial score (nSPS) is 10.9. The van der Waals surface area contributed by atoms with Gasteiger partial charge in [0.25, 0.3) is 5.69 Å². The van der Waals surface area contributed by atoms with Crippen molar-refractivity contribution in [3.8, 4) is 22.8 Å². The molecule has 4 aromatic rings. The molecule has 0 radical (unpaired) electrons. The van der Waals surface area contributed by atoms with Gasteiger partial charge < -0.3 is 9.47 Å². The lowest BCUT2D eigenvalue weighted by molar-refractivity contribution is -0.384. The first kappa shape index (κ1) is 26.2. The summed E-state index contributed by atoms with van der Waals surface area (Å²) < 4.78 is 11.3. The minimum Gasteiger partial charge on any atom is -0.493 e. The van der Waals surface area contributed by atoms with Gasteiger partial charge in [-0.25, -0.2) is 4.98 Å². The Morgan fingerprint density at radius 3 is 2.59 bits per heavy atom. The summed E-state index contributed by atoms with van der Waals surface area (Å²) >= 11 is 13.6. The number of hydrogen-bond donors (Lipinski definition) is 1. The molecule has 0 saturated heterocycles. The van der Waals surface area contributed by atoms with E-state index < -0.39 is 4.92 Å². The van der Waals surface area contributed by atoms with Crippen LogP contribution < -0.4 is 14.8 Å². The van der Waals surface area contributed by atoms with Crippen molar-refractivity contribution in [1.29, 1.82) is 0 Å². The first-order valence-electron chi connectivity index (χ1n) is 10.8. The van der Waals surface area contributed by atoms with Crippen LogP contribution in [0.2, 0.25) is 10.0 Å². The largest absolute Gasteiger partial charge is 0.493 e. The van der Waals surface area contributed by atoms with Gasteiger partial charge in [-0.2, -0.15) is 0 Å². The molecule has 0 unspecified atom stereocenters. The first-order chi connectivity index (χ1) is 17.8. The number of rotatable bonds is 9. The van der Waals surface area contributed by atoms with Crippen molar-refractivity contribution in [2.24, 2.45) is 0 Å². The highest BCUT2D eigenvalue weighted by atomic mass is 35.5. The van der Waals surface area contributed by atoms with E-state index >= 15 is 0 Å². The van der Waals surface area contributed by atoms with E-state index in [0.29, 0.717) is 49.1 Å². The van der Waals surface area contributed by atoms with Gasteiger partial charge in [-0.1, -0.05) is 47.5 Å². The standard InChI is InChI=1S/C26H19Cl2N3O5S/c1-35-24-12-16(8-10-23(24)36-14-19-20(27)6-3-7-21(19)28)9-11-25(32)30-26-29-22(15-37-26)17-4-2-5-18(13-17)31(33)34/h2-13,15H,14H2,1H3,(H,29,30,32). The molecule has 1 amide bonds. The Balaban J connectivity index is 1.39. The van der Waals surface area contributed by atoms with Crippen LogP contribution in [0.3, 0.4) is 0 Å². The molecule has 0 bridgehead atoms. The molecular formula is C26H19Cl2N3O5S. The fourth-order valence-corrected chi connectivity index (χ4v) is 4.52. The molecule has 1 N–H and O–H groups in total. The molecule has 0 atom stereocenters. The molecule has 188 valence electrons. The fourth-order valence-electron chi connectivity index (χ4n) is 3.29. The minimum absolute atomic E-state index is 0.0291. The van der Waals surface area contributed by atoms with E-state index in [2.05, 4.69) is 10.3 Å². The van der Waals surface area contributed by atoms with Crippen LogP contribution in [0.1, 0.15) is 11.1 Å². The Bertz CT molecular complexity index is 1470. The number of halogens is 2. The number of amides is 1. The van der Waals surface area contributed by atoms with Crippen molar-refractivity contribution in [3.05, 3.63) is 103 Å². The summed E-state index contributed by atoms with van der Waals surface area (Å²) in [6.07, 6.45) is 2.99. The van der Waals surface area contributed by atoms with Crippen LogP contribution in [0.5, 0.6) is 11.5 Å². The zero-order chi connectivity index (χ0) is 26.4. The van der Waals surface area contributed by atoms with Gasteiger partial charge in [0.1, 0.15) is 6.61 Å². The van der Waals surface area contributed by atoms with Gasteiger partial charge in [-0.05, 0) is 35.9 Å². The molecule has 3 aromatic carbocycles. The number of nitro groups is 1. The number of nitrogens with zero attached hydrogens (tertiary/aromatic N) is 2. The number of anilines is 1. The Kier molecular flexibility index (Phi) is 8.39. The molecule has 11 heteroatoms. The summed E-state index contributed by atoms with van der Waals surface area (Å²) in [6.45, 7) is 0.165. The summed E-state index contributed by atoms with van der Waals surface area (Å²) in [5, 5.41) is 16.8. The lowest BCUT2D eigenvalue weighted by Gasteiger charge is -2.13. The zero-order valence-corrected chi connectivity index (χ0v) is 21.6. The lowest BCUT2D eigenvalue weighted by Crippen LogP contribution is -2.07. The summed E-state index contributed by atoms with van der Waals surface area (Å²) in [7, 11) is 1.52. The van der Waals surface area contributed by atoms with Crippen molar-refractivity contribution in [2.45, 2.75) is 6.61 Å². The molecule has 0 aliphatic carbocycles. The molecule has 1 heterocycles. The maximum atomic E-state index is 12.4. The van der Waals surface area contributed by atoms with Gasteiger partial charge in [0.2, 0.25) is 5.91 Å². The van der Waals surface area contributed by atoms with E-state index in [1.165, 1.54) is 36.7 Å². The second-order valence-electron chi connectivity index (χ2n) is 7.57. The second-order valence-corrected chi connectivity index (χ2v) is 9.24.